The average Bonchev–Trinajstić information content (AvgIpc) is 2.83. The Balaban J connectivity index is 2.55. The fourth-order valence-electron chi connectivity index (χ4n) is 1.53. The summed E-state index contributed by atoms with van der Waals surface area (Å²) in [7, 11) is 0. The third-order valence-corrected chi connectivity index (χ3v) is 3.01. The molecule has 0 aromatic carbocycles. The van der Waals surface area contributed by atoms with Gasteiger partial charge in [0.2, 0.25) is 5.91 Å². The number of rotatable bonds is 7. The summed E-state index contributed by atoms with van der Waals surface area (Å²) in [5.41, 5.74) is 5.06. The second kappa shape index (κ2) is 6.46. The van der Waals surface area contributed by atoms with Gasteiger partial charge in [0.15, 0.2) is 0 Å². The van der Waals surface area contributed by atoms with Gasteiger partial charge in [-0.3, -0.25) is 4.79 Å². The van der Waals surface area contributed by atoms with Gasteiger partial charge in [-0.2, -0.15) is 0 Å². The smallest absolute Gasteiger partial charge is 0.234 e. The minimum Gasteiger partial charge on any atom is -0.388 e. The van der Waals surface area contributed by atoms with Gasteiger partial charge in [-0.15, -0.1) is 5.10 Å². The van der Waals surface area contributed by atoms with Crippen LogP contribution in [-0.2, 0) is 17.9 Å². The van der Waals surface area contributed by atoms with E-state index in [4.69, 9.17) is 5.73 Å². The number of amides is 1. The van der Waals surface area contributed by atoms with Crippen molar-refractivity contribution in [1.29, 1.82) is 0 Å². The molecule has 0 aliphatic carbocycles. The first-order valence-electron chi connectivity index (χ1n) is 6.11. The lowest BCUT2D eigenvalue weighted by Gasteiger charge is -2.24. The van der Waals surface area contributed by atoms with E-state index < -0.39 is 5.60 Å². The Hall–Kier alpha value is -1.47. The molecular weight excluding hydrogens is 234 g/mol. The number of hydrogen-bond acceptors (Lipinski definition) is 5. The predicted octanol–water partition coefficient (Wildman–Crippen LogP) is -0.596. The molecule has 0 radical (unpaired) electrons. The summed E-state index contributed by atoms with van der Waals surface area (Å²) >= 11 is 0. The number of nitrogens with one attached hydrogen (secondary N) is 1. The lowest BCUT2D eigenvalue weighted by atomic mass is 9.98. The van der Waals surface area contributed by atoms with E-state index in [0.717, 1.165) is 0 Å². The molecule has 18 heavy (non-hydrogen) atoms. The van der Waals surface area contributed by atoms with Crippen LogP contribution in [0, 0.1) is 0 Å². The van der Waals surface area contributed by atoms with E-state index in [1.807, 2.05) is 13.8 Å². The minimum atomic E-state index is -0.758. The van der Waals surface area contributed by atoms with Gasteiger partial charge in [0.05, 0.1) is 31.4 Å². The van der Waals surface area contributed by atoms with Crippen molar-refractivity contribution in [3.63, 3.8) is 0 Å². The maximum Gasteiger partial charge on any atom is 0.234 e. The quantitative estimate of drug-likeness (QED) is 0.603. The first-order chi connectivity index (χ1) is 8.53. The summed E-state index contributed by atoms with van der Waals surface area (Å²) in [5.74, 6) is -0.233. The number of nitrogens with two attached hydrogens (primary N) is 1. The van der Waals surface area contributed by atoms with Crippen LogP contribution in [0.2, 0.25) is 0 Å². The van der Waals surface area contributed by atoms with Crippen molar-refractivity contribution in [1.82, 2.24) is 20.3 Å². The first-order valence-corrected chi connectivity index (χ1v) is 6.11. The standard InChI is InChI=1S/C11H21N5O2/c1-3-11(18,4-2)8-16-7-9(14-15-16)6-13-10(17)5-12/h7,18H,3-6,8,12H2,1-2H3,(H,13,17). The van der Waals surface area contributed by atoms with E-state index in [9.17, 15) is 9.90 Å². The third-order valence-electron chi connectivity index (χ3n) is 3.01. The Morgan fingerprint density at radius 1 is 1.56 bits per heavy atom. The molecule has 0 unspecified atom stereocenters. The molecule has 4 N–H and O–H groups in total. The van der Waals surface area contributed by atoms with Gasteiger partial charge < -0.3 is 16.2 Å². The molecule has 0 bridgehead atoms. The average molecular weight is 255 g/mol. The second-order valence-corrected chi connectivity index (χ2v) is 4.32. The van der Waals surface area contributed by atoms with Crippen LogP contribution < -0.4 is 11.1 Å². The molecule has 1 aromatic rings. The van der Waals surface area contributed by atoms with Crippen molar-refractivity contribution in [3.05, 3.63) is 11.9 Å². The zero-order chi connectivity index (χ0) is 13.6. The van der Waals surface area contributed by atoms with Crippen molar-refractivity contribution in [2.24, 2.45) is 5.73 Å². The van der Waals surface area contributed by atoms with E-state index in [1.165, 1.54) is 0 Å². The Morgan fingerprint density at radius 3 is 2.78 bits per heavy atom. The molecule has 0 saturated heterocycles. The summed E-state index contributed by atoms with van der Waals surface area (Å²) in [6.07, 6.45) is 3.03. The molecule has 0 aliphatic heterocycles. The highest BCUT2D eigenvalue weighted by atomic mass is 16.3. The molecule has 1 heterocycles. The van der Waals surface area contributed by atoms with Gasteiger partial charge in [0.1, 0.15) is 5.69 Å². The highest BCUT2D eigenvalue weighted by molar-refractivity contribution is 5.77. The molecule has 0 atom stereocenters. The zero-order valence-electron chi connectivity index (χ0n) is 10.9. The van der Waals surface area contributed by atoms with E-state index in [-0.39, 0.29) is 12.5 Å². The van der Waals surface area contributed by atoms with Gasteiger partial charge in [-0.1, -0.05) is 19.1 Å². The molecular formula is C11H21N5O2. The molecule has 0 fully saturated rings. The maximum atomic E-state index is 11.0. The van der Waals surface area contributed by atoms with Crippen LogP contribution in [0.5, 0.6) is 0 Å². The summed E-state index contributed by atoms with van der Waals surface area (Å²) < 4.78 is 1.59. The largest absolute Gasteiger partial charge is 0.388 e. The first kappa shape index (κ1) is 14.6. The number of nitrogens with zero attached hydrogens (tertiary/aromatic N) is 3. The number of carbonyl (C=O) groups excluding carboxylic acids is 1. The monoisotopic (exact) mass is 255 g/mol. The molecule has 7 heteroatoms. The molecule has 7 nitrogen and oxygen atoms in total. The van der Waals surface area contributed by atoms with Crippen LogP contribution in [-0.4, -0.2) is 38.2 Å². The van der Waals surface area contributed by atoms with Crippen molar-refractivity contribution in [3.8, 4) is 0 Å². The van der Waals surface area contributed by atoms with Crippen molar-refractivity contribution < 1.29 is 9.90 Å². The number of carbonyl (C=O) groups is 1. The Morgan fingerprint density at radius 2 is 2.22 bits per heavy atom. The van der Waals surface area contributed by atoms with Gasteiger partial charge in [-0.05, 0) is 12.8 Å². The Kier molecular flexibility index (Phi) is 5.24. The number of hydrogen-bond donors (Lipinski definition) is 3. The molecule has 1 amide bonds. The Labute approximate surface area is 106 Å². The Bertz CT molecular complexity index is 387. The highest BCUT2D eigenvalue weighted by Crippen LogP contribution is 2.16. The molecule has 1 rings (SSSR count). The fraction of sp³-hybridized carbons (Fsp3) is 0.727. The van der Waals surface area contributed by atoms with Gasteiger partial charge in [0, 0.05) is 0 Å². The van der Waals surface area contributed by atoms with E-state index in [2.05, 4.69) is 15.6 Å². The van der Waals surface area contributed by atoms with Crippen LogP contribution in [0.3, 0.4) is 0 Å². The third kappa shape index (κ3) is 4.08. The summed E-state index contributed by atoms with van der Waals surface area (Å²) in [6.45, 7) is 4.52. The van der Waals surface area contributed by atoms with Crippen LogP contribution >= 0.6 is 0 Å². The van der Waals surface area contributed by atoms with Crippen LogP contribution in [0.1, 0.15) is 32.4 Å². The van der Waals surface area contributed by atoms with Crippen LogP contribution in [0.15, 0.2) is 6.20 Å². The molecule has 0 aliphatic rings. The van der Waals surface area contributed by atoms with Crippen molar-refractivity contribution in [2.45, 2.75) is 45.4 Å². The lowest BCUT2D eigenvalue weighted by molar-refractivity contribution is -0.119. The minimum absolute atomic E-state index is 0.0421. The summed E-state index contributed by atoms with van der Waals surface area (Å²) in [6, 6.07) is 0. The van der Waals surface area contributed by atoms with E-state index in [0.29, 0.717) is 31.6 Å². The fourth-order valence-corrected chi connectivity index (χ4v) is 1.53. The summed E-state index contributed by atoms with van der Waals surface area (Å²) in [4.78, 5) is 11.0. The predicted molar refractivity (Wildman–Crippen MR) is 66.5 cm³/mol. The van der Waals surface area contributed by atoms with E-state index >= 15 is 0 Å². The topological polar surface area (TPSA) is 106 Å². The van der Waals surface area contributed by atoms with E-state index in [1.54, 1.807) is 10.9 Å². The molecule has 102 valence electrons. The zero-order valence-corrected chi connectivity index (χ0v) is 10.9. The van der Waals surface area contributed by atoms with Gasteiger partial charge in [-0.25, -0.2) is 4.68 Å². The second-order valence-electron chi connectivity index (χ2n) is 4.32. The number of aliphatic hydroxyl groups is 1. The SMILES string of the molecule is CCC(O)(CC)Cn1cc(CNC(=O)CN)nn1. The summed E-state index contributed by atoms with van der Waals surface area (Å²) in [5, 5.41) is 20.6. The molecule has 0 saturated carbocycles. The van der Waals surface area contributed by atoms with Crippen LogP contribution in [0.4, 0.5) is 0 Å². The highest BCUT2D eigenvalue weighted by Gasteiger charge is 2.23. The lowest BCUT2D eigenvalue weighted by Crippen LogP contribution is -2.32. The van der Waals surface area contributed by atoms with Crippen molar-refractivity contribution >= 4 is 5.91 Å². The maximum absolute atomic E-state index is 11.0. The van der Waals surface area contributed by atoms with Gasteiger partial charge in [0.25, 0.3) is 0 Å². The van der Waals surface area contributed by atoms with Crippen LogP contribution in [0.25, 0.3) is 0 Å². The van der Waals surface area contributed by atoms with Crippen molar-refractivity contribution in [2.75, 3.05) is 6.54 Å². The molecule has 1 aromatic heterocycles. The number of aromatic nitrogens is 3. The van der Waals surface area contributed by atoms with Gasteiger partial charge >= 0.3 is 0 Å². The normalized spacial score (nSPS) is 11.6. The molecule has 0 spiro atoms.